The third-order valence-corrected chi connectivity index (χ3v) is 4.35. The molecule has 1 aliphatic rings. The predicted molar refractivity (Wildman–Crippen MR) is 95.9 cm³/mol. The van der Waals surface area contributed by atoms with Crippen LogP contribution < -0.4 is 4.90 Å². The first-order valence-corrected chi connectivity index (χ1v) is 7.89. The molecule has 0 saturated heterocycles. The maximum atomic E-state index is 4.97. The van der Waals surface area contributed by atoms with Crippen LogP contribution in [-0.4, -0.2) is 12.8 Å². The van der Waals surface area contributed by atoms with Crippen molar-refractivity contribution in [3.63, 3.8) is 0 Å². The summed E-state index contributed by atoms with van der Waals surface area (Å²) in [7, 11) is 0. The number of aliphatic imine (C=N–C) groups is 1. The van der Waals surface area contributed by atoms with Crippen LogP contribution in [0.2, 0.25) is 0 Å². The van der Waals surface area contributed by atoms with Crippen molar-refractivity contribution in [3.8, 4) is 0 Å². The molecule has 0 fully saturated rings. The third-order valence-electron chi connectivity index (χ3n) is 4.35. The fourth-order valence-corrected chi connectivity index (χ4v) is 3.33. The molecule has 1 aliphatic heterocycles. The number of benzene rings is 3. The lowest BCUT2D eigenvalue weighted by Gasteiger charge is -2.39. The van der Waals surface area contributed by atoms with E-state index in [1.165, 1.54) is 16.8 Å². The molecule has 0 aromatic heterocycles. The summed E-state index contributed by atoms with van der Waals surface area (Å²) < 4.78 is 0. The average molecular weight is 298 g/mol. The van der Waals surface area contributed by atoms with E-state index >= 15 is 0 Å². The van der Waals surface area contributed by atoms with Gasteiger partial charge in [-0.05, 0) is 12.1 Å². The molecule has 4 rings (SSSR count). The Kier molecular flexibility index (Phi) is 3.43. The van der Waals surface area contributed by atoms with Crippen LogP contribution >= 0.6 is 0 Å². The minimum Gasteiger partial charge on any atom is -0.334 e. The molecule has 2 nitrogen and oxygen atoms in total. The molecule has 112 valence electrons. The summed E-state index contributed by atoms with van der Waals surface area (Å²) in [6, 6.07) is 31.6. The molecule has 0 amide bonds. The number of rotatable bonds is 3. The second-order valence-corrected chi connectivity index (χ2v) is 5.66. The van der Waals surface area contributed by atoms with E-state index in [0.29, 0.717) is 0 Å². The van der Waals surface area contributed by atoms with Gasteiger partial charge in [0, 0.05) is 23.0 Å². The van der Waals surface area contributed by atoms with Gasteiger partial charge in [-0.3, -0.25) is 4.99 Å². The number of para-hydroxylation sites is 1. The summed E-state index contributed by atoms with van der Waals surface area (Å²) in [6.07, 6.45) is 2.02. The summed E-state index contributed by atoms with van der Waals surface area (Å²) in [5, 5.41) is 0. The predicted octanol–water partition coefficient (Wildman–Crippen LogP) is 4.48. The Labute approximate surface area is 136 Å². The Morgan fingerprint density at radius 2 is 1.13 bits per heavy atom. The van der Waals surface area contributed by atoms with Crippen LogP contribution in [0.5, 0.6) is 0 Å². The maximum absolute atomic E-state index is 4.97. The average Bonchev–Trinajstić information content (AvgIpc) is 3.10. The summed E-state index contributed by atoms with van der Waals surface area (Å²) in [6.45, 7) is 0.799. The van der Waals surface area contributed by atoms with Gasteiger partial charge < -0.3 is 4.90 Å². The van der Waals surface area contributed by atoms with Crippen LogP contribution in [0.4, 0.5) is 5.69 Å². The second kappa shape index (κ2) is 5.73. The lowest BCUT2D eigenvalue weighted by molar-refractivity contribution is 0.548. The number of anilines is 1. The largest absolute Gasteiger partial charge is 0.334 e. The lowest BCUT2D eigenvalue weighted by Crippen LogP contribution is -2.42. The summed E-state index contributed by atoms with van der Waals surface area (Å²) >= 11 is 0. The molecule has 1 heterocycles. The van der Waals surface area contributed by atoms with Crippen molar-refractivity contribution in [2.45, 2.75) is 5.66 Å². The van der Waals surface area contributed by atoms with E-state index in [1.54, 1.807) is 0 Å². The molecular weight excluding hydrogens is 280 g/mol. The van der Waals surface area contributed by atoms with Gasteiger partial charge in [-0.1, -0.05) is 78.9 Å². The molecule has 0 N–H and O–H groups in total. The van der Waals surface area contributed by atoms with Crippen molar-refractivity contribution in [1.29, 1.82) is 0 Å². The lowest BCUT2D eigenvalue weighted by atomic mass is 9.90. The third kappa shape index (κ3) is 2.23. The van der Waals surface area contributed by atoms with Gasteiger partial charge in [-0.25, -0.2) is 0 Å². The van der Waals surface area contributed by atoms with E-state index in [2.05, 4.69) is 77.7 Å². The highest BCUT2D eigenvalue weighted by Gasteiger charge is 2.42. The van der Waals surface area contributed by atoms with Gasteiger partial charge in [0.15, 0.2) is 5.66 Å². The molecule has 0 aliphatic carbocycles. The van der Waals surface area contributed by atoms with Crippen molar-refractivity contribution in [2.24, 2.45) is 4.99 Å². The Bertz CT molecular complexity index is 756. The summed E-state index contributed by atoms with van der Waals surface area (Å²) in [4.78, 5) is 7.33. The zero-order valence-corrected chi connectivity index (χ0v) is 12.8. The van der Waals surface area contributed by atoms with Crippen LogP contribution in [0, 0.1) is 0 Å². The van der Waals surface area contributed by atoms with Crippen LogP contribution in [0.3, 0.4) is 0 Å². The second-order valence-electron chi connectivity index (χ2n) is 5.66. The van der Waals surface area contributed by atoms with Gasteiger partial charge in [0.2, 0.25) is 0 Å². The van der Waals surface area contributed by atoms with Crippen LogP contribution in [-0.2, 0) is 5.66 Å². The summed E-state index contributed by atoms with van der Waals surface area (Å²) in [5.41, 5.74) is 3.05. The highest BCUT2D eigenvalue weighted by Crippen LogP contribution is 2.42. The molecule has 0 atom stereocenters. The Hall–Kier alpha value is -2.87. The van der Waals surface area contributed by atoms with E-state index < -0.39 is 5.66 Å². The Morgan fingerprint density at radius 1 is 0.652 bits per heavy atom. The summed E-state index contributed by atoms with van der Waals surface area (Å²) in [5.74, 6) is 0. The first-order chi connectivity index (χ1) is 11.4. The van der Waals surface area contributed by atoms with E-state index in [9.17, 15) is 0 Å². The van der Waals surface area contributed by atoms with Crippen LogP contribution in [0.1, 0.15) is 11.1 Å². The first kappa shape index (κ1) is 13.8. The molecule has 3 aromatic carbocycles. The van der Waals surface area contributed by atoms with Gasteiger partial charge in [-0.2, -0.15) is 0 Å². The van der Waals surface area contributed by atoms with Crippen LogP contribution in [0.15, 0.2) is 96.0 Å². The molecule has 0 unspecified atom stereocenters. The number of hydrogen-bond donors (Lipinski definition) is 0. The smallest absolute Gasteiger partial charge is 0.184 e. The van der Waals surface area contributed by atoms with Crippen molar-refractivity contribution >= 4 is 11.9 Å². The molecule has 0 radical (unpaired) electrons. The van der Waals surface area contributed by atoms with Crippen molar-refractivity contribution in [2.75, 3.05) is 11.4 Å². The molecule has 0 spiro atoms. The Morgan fingerprint density at radius 3 is 1.65 bits per heavy atom. The Balaban J connectivity index is 1.94. The first-order valence-electron chi connectivity index (χ1n) is 7.89. The van der Waals surface area contributed by atoms with E-state index in [-0.39, 0.29) is 0 Å². The van der Waals surface area contributed by atoms with Crippen molar-refractivity contribution in [1.82, 2.24) is 0 Å². The van der Waals surface area contributed by atoms with Gasteiger partial charge in [0.1, 0.15) is 0 Å². The standard InChI is InChI=1S/C21H18N2/c1-4-10-18(11-5-1)21(19-12-6-2-7-13-19)22-16-17-23(21)20-14-8-3-9-15-20/h1-16H,17H2. The normalized spacial score (nSPS) is 15.7. The topological polar surface area (TPSA) is 15.6 Å². The van der Waals surface area contributed by atoms with Gasteiger partial charge in [-0.15, -0.1) is 0 Å². The quantitative estimate of drug-likeness (QED) is 0.696. The minimum absolute atomic E-state index is 0.496. The molecular formula is C21H18N2. The van der Waals surface area contributed by atoms with Crippen LogP contribution in [0.25, 0.3) is 0 Å². The number of nitrogens with zero attached hydrogens (tertiary/aromatic N) is 2. The fourth-order valence-electron chi connectivity index (χ4n) is 3.33. The van der Waals surface area contributed by atoms with Gasteiger partial charge >= 0.3 is 0 Å². The van der Waals surface area contributed by atoms with Gasteiger partial charge in [0.25, 0.3) is 0 Å². The zero-order valence-electron chi connectivity index (χ0n) is 12.8. The zero-order chi connectivity index (χ0) is 15.5. The van der Waals surface area contributed by atoms with E-state index in [1.807, 2.05) is 24.4 Å². The molecule has 3 aromatic rings. The SMILES string of the molecule is C1=NC(c2ccccc2)(c2ccccc2)N(c2ccccc2)C1. The highest BCUT2D eigenvalue weighted by atomic mass is 15.3. The minimum atomic E-state index is -0.496. The molecule has 2 heteroatoms. The highest BCUT2D eigenvalue weighted by molar-refractivity contribution is 5.75. The fraction of sp³-hybridized carbons (Fsp3) is 0.0952. The molecule has 0 bridgehead atoms. The van der Waals surface area contributed by atoms with E-state index in [0.717, 1.165) is 6.54 Å². The monoisotopic (exact) mass is 298 g/mol. The maximum Gasteiger partial charge on any atom is 0.184 e. The molecule has 23 heavy (non-hydrogen) atoms. The van der Waals surface area contributed by atoms with E-state index in [4.69, 9.17) is 4.99 Å². The van der Waals surface area contributed by atoms with Gasteiger partial charge in [0.05, 0.1) is 6.54 Å². The van der Waals surface area contributed by atoms with Crippen molar-refractivity contribution in [3.05, 3.63) is 102 Å². The van der Waals surface area contributed by atoms with Crippen molar-refractivity contribution < 1.29 is 0 Å². The number of hydrogen-bond acceptors (Lipinski definition) is 2. The molecule has 0 saturated carbocycles.